The summed E-state index contributed by atoms with van der Waals surface area (Å²) in [6, 6.07) is 0. The van der Waals surface area contributed by atoms with Gasteiger partial charge in [0.25, 0.3) is 0 Å². The number of carbonyl (C=O) groups is 18. The van der Waals surface area contributed by atoms with E-state index in [0.29, 0.717) is 6.08 Å². The van der Waals surface area contributed by atoms with Crippen LogP contribution in [0.25, 0.3) is 0 Å². The highest BCUT2D eigenvalue weighted by Gasteiger charge is 2.48. The van der Waals surface area contributed by atoms with Crippen molar-refractivity contribution in [2.45, 2.75) is 0 Å². The van der Waals surface area contributed by atoms with Gasteiger partial charge in [-0.15, -0.1) is 0 Å². The highest BCUT2D eigenvalue weighted by Crippen LogP contribution is 2.37. The largest absolute Gasteiger partial charge is 0.478 e. The smallest absolute Gasteiger partial charge is 0.347 e. The Kier molecular flexibility index (Phi) is 18.7. The number of carboxylic acids is 11. The fraction of sp³-hybridized carbons (Fsp3) is 0.0667. The molecule has 0 radical (unpaired) electrons. The lowest BCUT2D eigenvalue weighted by molar-refractivity contribution is 0.0342. The van der Waals surface area contributed by atoms with Crippen molar-refractivity contribution in [3.8, 4) is 0 Å². The topological polar surface area (TPSA) is 576 Å². The molecule has 79 heavy (non-hydrogen) atoms. The van der Waals surface area contributed by atoms with Crippen molar-refractivity contribution in [3.05, 3.63) is 138 Å². The van der Waals surface area contributed by atoms with E-state index in [0.717, 1.165) is 12.2 Å². The number of esters is 7. The van der Waals surface area contributed by atoms with Crippen LogP contribution in [0.1, 0.15) is 186 Å². The van der Waals surface area contributed by atoms with Crippen molar-refractivity contribution in [3.63, 3.8) is 0 Å². The molecule has 0 aromatic heterocycles. The highest BCUT2D eigenvalue weighted by atomic mass is 16.6. The summed E-state index contributed by atoms with van der Waals surface area (Å²) in [6.07, 6.45) is 2.11. The van der Waals surface area contributed by atoms with E-state index in [1.807, 2.05) is 0 Å². The molecule has 0 spiro atoms. The van der Waals surface area contributed by atoms with Gasteiger partial charge in [0, 0.05) is 0 Å². The first kappa shape index (κ1) is 61.0. The molecule has 0 bridgehead atoms. The molecular weight excluding hydrogens is 1080 g/mol. The van der Waals surface area contributed by atoms with Crippen LogP contribution in [0.4, 0.5) is 0 Å². The second-order valence-electron chi connectivity index (χ2n) is 14.1. The summed E-state index contributed by atoms with van der Waals surface area (Å²) in [5, 5.41) is 110. The number of hydrogen-bond acceptors (Lipinski definition) is 23. The van der Waals surface area contributed by atoms with Crippen LogP contribution < -0.4 is 0 Å². The molecular formula is C45H26O34. The van der Waals surface area contributed by atoms with Gasteiger partial charge in [0.1, 0.15) is 19.8 Å². The zero-order valence-electron chi connectivity index (χ0n) is 38.3. The minimum Gasteiger partial charge on any atom is -0.478 e. The molecule has 0 aliphatic carbocycles. The van der Waals surface area contributed by atoms with Crippen LogP contribution in [-0.4, -0.2) is 183 Å². The Hall–Kier alpha value is -12.3. The van der Waals surface area contributed by atoms with Crippen molar-refractivity contribution in [1.29, 1.82) is 0 Å². The van der Waals surface area contributed by atoms with Crippen molar-refractivity contribution in [2.75, 3.05) is 19.8 Å². The van der Waals surface area contributed by atoms with E-state index < -0.39 is 227 Å². The van der Waals surface area contributed by atoms with Gasteiger partial charge in [-0.2, -0.15) is 0 Å². The Balaban J connectivity index is 2.94. The van der Waals surface area contributed by atoms with Crippen LogP contribution in [0, 0.1) is 0 Å². The molecule has 0 fully saturated rings. The first-order valence-corrected chi connectivity index (χ1v) is 19.9. The molecule has 0 amide bonds. The first-order chi connectivity index (χ1) is 36.7. The average Bonchev–Trinajstić information content (AvgIpc) is 3.38. The summed E-state index contributed by atoms with van der Waals surface area (Å²) in [5.74, 6) is -49.8. The van der Waals surface area contributed by atoms with Crippen LogP contribution in [0.15, 0.2) is 38.0 Å². The zero-order valence-corrected chi connectivity index (χ0v) is 38.3. The Morgan fingerprint density at radius 1 is 0.228 bits per heavy atom. The molecule has 34 heteroatoms. The van der Waals surface area contributed by atoms with E-state index in [2.05, 4.69) is 29.2 Å². The SMILES string of the molecule is C=CCOC(=O)c1c(C(=O)O)c(C(=O)OC(=O)c2c(C(=O)O)c(C(=O)O)c(C(=O)O)c(C(=O)O)c2C(=O)O)c(C(=O)OC(=O)c2c(C(=O)O)c(C(=O)O)c(C(=O)O)c(C(=O)O)c2C(=O)O)c(C(=O)OCC=C)c1C(=O)OCC=C. The Morgan fingerprint density at radius 2 is 0.342 bits per heavy atom. The molecule has 3 aromatic carbocycles. The van der Waals surface area contributed by atoms with E-state index in [1.165, 1.54) is 0 Å². The number of ether oxygens (including phenoxy) is 5. The van der Waals surface area contributed by atoms with E-state index >= 15 is 0 Å². The fourth-order valence-electron chi connectivity index (χ4n) is 7.02. The predicted octanol–water partition coefficient (Wildman–Crippen LogP) is 1.39. The maximum atomic E-state index is 14.7. The predicted molar refractivity (Wildman–Crippen MR) is 237 cm³/mol. The molecule has 0 aliphatic heterocycles. The third-order valence-corrected chi connectivity index (χ3v) is 9.65. The van der Waals surface area contributed by atoms with Gasteiger partial charge in [-0.25, -0.2) is 86.3 Å². The summed E-state index contributed by atoms with van der Waals surface area (Å²) in [7, 11) is 0. The highest BCUT2D eigenvalue weighted by molar-refractivity contribution is 6.29. The van der Waals surface area contributed by atoms with Gasteiger partial charge in [-0.3, -0.25) is 0 Å². The Labute approximate surface area is 431 Å². The first-order valence-electron chi connectivity index (χ1n) is 19.9. The van der Waals surface area contributed by atoms with Gasteiger partial charge in [-0.1, -0.05) is 38.0 Å². The third kappa shape index (κ3) is 11.6. The lowest BCUT2D eigenvalue weighted by Gasteiger charge is -2.22. The number of aromatic carboxylic acids is 11. The van der Waals surface area contributed by atoms with Gasteiger partial charge in [0.05, 0.1) is 100 Å². The van der Waals surface area contributed by atoms with Crippen LogP contribution in [0.2, 0.25) is 0 Å². The number of benzene rings is 3. The monoisotopic (exact) mass is 1110 g/mol. The van der Waals surface area contributed by atoms with Gasteiger partial charge in [-0.05, 0) is 0 Å². The molecule has 0 atom stereocenters. The van der Waals surface area contributed by atoms with Gasteiger partial charge >= 0.3 is 107 Å². The fourth-order valence-corrected chi connectivity index (χ4v) is 7.02. The third-order valence-electron chi connectivity index (χ3n) is 9.65. The summed E-state index contributed by atoms with van der Waals surface area (Å²) >= 11 is 0. The molecule has 3 rings (SSSR count). The van der Waals surface area contributed by atoms with Crippen LogP contribution in [0.3, 0.4) is 0 Å². The van der Waals surface area contributed by atoms with Crippen molar-refractivity contribution in [1.82, 2.24) is 0 Å². The van der Waals surface area contributed by atoms with Crippen LogP contribution in [-0.2, 0) is 23.7 Å². The van der Waals surface area contributed by atoms with Gasteiger partial charge in [0.15, 0.2) is 0 Å². The lowest BCUT2D eigenvalue weighted by atomic mass is 9.85. The van der Waals surface area contributed by atoms with E-state index in [1.54, 1.807) is 0 Å². The average molecular weight is 1110 g/mol. The van der Waals surface area contributed by atoms with Crippen LogP contribution >= 0.6 is 0 Å². The van der Waals surface area contributed by atoms with Crippen molar-refractivity contribution in [2.24, 2.45) is 0 Å². The molecule has 0 saturated carbocycles. The minimum atomic E-state index is -3.07. The number of carboxylic acid groups (broad SMARTS) is 11. The summed E-state index contributed by atoms with van der Waals surface area (Å²) < 4.78 is 23.4. The molecule has 0 heterocycles. The number of rotatable bonds is 24. The summed E-state index contributed by atoms with van der Waals surface area (Å²) in [4.78, 5) is 238. The maximum absolute atomic E-state index is 14.7. The molecule has 0 saturated heterocycles. The van der Waals surface area contributed by atoms with Crippen LogP contribution in [0.5, 0.6) is 0 Å². The zero-order chi connectivity index (χ0) is 60.6. The molecule has 34 nitrogen and oxygen atoms in total. The number of carbonyl (C=O) groups excluding carboxylic acids is 7. The second-order valence-corrected chi connectivity index (χ2v) is 14.1. The molecule has 0 unspecified atom stereocenters. The molecule has 0 aliphatic rings. The standard InChI is InChI=1S/C45H26O34/c1-4-7-75-39(68)23-20(38(66)67)24(44(73)78-42(71)21-16(34(58)59)12(30(50)51)10(28(46)47)13(31(52)53)17(21)35(60)61)27(26(41(70)77-9-6-3)25(23)40(69)76-8-5-2)45(74)79-43(72)22-18(36(62)63)14(32(54)55)11(29(48)49)15(33(56)57)19(22)37(64)65/h4-6H,1-3,7-9H2,(H,46,47)(H,48,49)(H,50,51)(H,52,53)(H,54,55)(H,56,57)(H,58,59)(H,60,61)(H,62,63)(H,64,65)(H,66,67). The minimum absolute atomic E-state index is 0.669. The lowest BCUT2D eigenvalue weighted by Crippen LogP contribution is -2.33. The second kappa shape index (κ2) is 24.2. The molecule has 3 aromatic rings. The van der Waals surface area contributed by atoms with Gasteiger partial charge < -0.3 is 79.9 Å². The van der Waals surface area contributed by atoms with Gasteiger partial charge in [0.2, 0.25) is 0 Å². The maximum Gasteiger partial charge on any atom is 0.347 e. The quantitative estimate of drug-likeness (QED) is 0.0261. The Bertz CT molecular complexity index is 3360. The summed E-state index contributed by atoms with van der Waals surface area (Å²) in [6.45, 7) is 6.31. The normalized spacial score (nSPS) is 10.3. The van der Waals surface area contributed by atoms with Crippen molar-refractivity contribution < 1.29 is 166 Å². The van der Waals surface area contributed by atoms with E-state index in [-0.39, 0.29) is 0 Å². The Morgan fingerprint density at radius 3 is 0.506 bits per heavy atom. The number of hydrogen-bond donors (Lipinski definition) is 11. The molecule has 410 valence electrons. The van der Waals surface area contributed by atoms with E-state index in [4.69, 9.17) is 14.2 Å². The van der Waals surface area contributed by atoms with Crippen molar-refractivity contribution >= 4 is 107 Å². The van der Waals surface area contributed by atoms with E-state index in [9.17, 15) is 142 Å². The molecule has 11 N–H and O–H groups in total. The summed E-state index contributed by atoms with van der Waals surface area (Å²) in [5.41, 5.74) is -41.1.